The highest BCUT2D eigenvalue weighted by atomic mass is 19.1. The number of alkyl carbamates (subject to hydrolysis) is 1. The van der Waals surface area contributed by atoms with Crippen LogP contribution in [0, 0.1) is 0 Å². The Morgan fingerprint density at radius 1 is 1.42 bits per heavy atom. The van der Waals surface area contributed by atoms with Gasteiger partial charge in [0.1, 0.15) is 11.8 Å². The van der Waals surface area contributed by atoms with Crippen LogP contribution >= 0.6 is 0 Å². The Morgan fingerprint density at radius 2 is 2.26 bits per heavy atom. The first kappa shape index (κ1) is 19.7. The quantitative estimate of drug-likeness (QED) is 0.551. The summed E-state index contributed by atoms with van der Waals surface area (Å²) in [6.07, 6.45) is 1.93. The third-order valence-electron chi connectivity index (χ3n) is 5.29. The number of amides is 1. The average Bonchev–Trinajstić information content (AvgIpc) is 3.14. The van der Waals surface area contributed by atoms with Crippen LogP contribution in [0.1, 0.15) is 50.1 Å². The number of imidazole rings is 1. The monoisotopic (exact) mass is 429 g/mol. The summed E-state index contributed by atoms with van der Waals surface area (Å²) in [4.78, 5) is 20.8. The number of hydrogen-bond acceptors (Lipinski definition) is 7. The summed E-state index contributed by atoms with van der Waals surface area (Å²) < 4.78 is 27.4. The molecule has 2 aliphatic rings. The number of fused-ring (bicyclic) bond motifs is 1. The lowest BCUT2D eigenvalue weighted by Gasteiger charge is -2.16. The van der Waals surface area contributed by atoms with Gasteiger partial charge >= 0.3 is 6.09 Å². The zero-order chi connectivity index (χ0) is 21.5. The van der Waals surface area contributed by atoms with Crippen molar-refractivity contribution in [1.29, 1.82) is 0 Å². The molecule has 0 radical (unpaired) electrons. The molecule has 1 aliphatic carbocycles. The summed E-state index contributed by atoms with van der Waals surface area (Å²) in [5.41, 5.74) is 2.31. The molecule has 4 heterocycles. The van der Waals surface area contributed by atoms with Gasteiger partial charge in [-0.25, -0.2) is 19.2 Å². The zero-order valence-corrected chi connectivity index (χ0v) is 17.2. The fraction of sp³-hybridized carbons (Fsp3) is 0.500. The molecule has 0 unspecified atom stereocenters. The number of halogens is 1. The summed E-state index contributed by atoms with van der Waals surface area (Å²) in [7, 11) is 0. The third-order valence-corrected chi connectivity index (χ3v) is 5.29. The standard InChI is InChI=1S/C20H24FN7O3/c1-10(2)23-20(29)31-14-9-30-18(17(14)21)12-7-15(27-26-12)25-19-22-6-5-16-24-13(8-28(16)19)11-3-4-11/h5-8,10-11,14,17-18H,3-4,9H2,1-2H3,(H,23,29)(H2,22,25,26,27)/t14-,17+,18-/m0/s1. The van der Waals surface area contributed by atoms with E-state index in [0.29, 0.717) is 23.4 Å². The lowest BCUT2D eigenvalue weighted by molar-refractivity contribution is 0.0615. The highest BCUT2D eigenvalue weighted by Crippen LogP contribution is 2.39. The maximum absolute atomic E-state index is 14.8. The Morgan fingerprint density at radius 3 is 3.03 bits per heavy atom. The SMILES string of the molecule is CC(C)NC(=O)O[C@H]1CO[C@@H](c2cc(Nc3nccc4nc(C5CC5)cn34)n[nH]2)[C@@H]1F. The van der Waals surface area contributed by atoms with Gasteiger partial charge < -0.3 is 20.1 Å². The molecule has 5 rings (SSSR count). The first-order valence-electron chi connectivity index (χ1n) is 10.4. The van der Waals surface area contributed by atoms with Crippen molar-refractivity contribution in [1.82, 2.24) is 29.9 Å². The van der Waals surface area contributed by atoms with Crippen LogP contribution in [-0.2, 0) is 9.47 Å². The van der Waals surface area contributed by atoms with Crippen molar-refractivity contribution in [2.45, 2.75) is 57.0 Å². The fourth-order valence-electron chi connectivity index (χ4n) is 3.61. The summed E-state index contributed by atoms with van der Waals surface area (Å²) in [5, 5.41) is 12.7. The van der Waals surface area contributed by atoms with Gasteiger partial charge in [0.15, 0.2) is 18.1 Å². The van der Waals surface area contributed by atoms with E-state index < -0.39 is 24.5 Å². The minimum atomic E-state index is -1.51. The van der Waals surface area contributed by atoms with Crippen LogP contribution in [-0.4, -0.2) is 55.6 Å². The second-order valence-corrected chi connectivity index (χ2v) is 8.21. The predicted octanol–water partition coefficient (Wildman–Crippen LogP) is 2.99. The molecule has 11 heteroatoms. The van der Waals surface area contributed by atoms with E-state index in [2.05, 4.69) is 30.8 Å². The van der Waals surface area contributed by atoms with E-state index in [1.165, 1.54) is 12.8 Å². The number of alkyl halides is 1. The summed E-state index contributed by atoms with van der Waals surface area (Å²) in [6, 6.07) is 3.41. The molecule has 0 aromatic carbocycles. The normalized spacial score (nSPS) is 23.4. The molecular weight excluding hydrogens is 405 g/mol. The maximum Gasteiger partial charge on any atom is 0.407 e. The summed E-state index contributed by atoms with van der Waals surface area (Å²) in [5.74, 6) is 1.56. The van der Waals surface area contributed by atoms with Gasteiger partial charge in [0, 0.05) is 30.4 Å². The number of carbonyl (C=O) groups excluding carboxylic acids is 1. The number of nitrogens with zero attached hydrogens (tertiary/aromatic N) is 4. The van der Waals surface area contributed by atoms with Gasteiger partial charge in [-0.05, 0) is 32.8 Å². The maximum atomic E-state index is 14.8. The van der Waals surface area contributed by atoms with Crippen LogP contribution in [0.25, 0.3) is 5.65 Å². The molecule has 0 spiro atoms. The summed E-state index contributed by atoms with van der Waals surface area (Å²) >= 11 is 0. The molecule has 10 nitrogen and oxygen atoms in total. The highest BCUT2D eigenvalue weighted by molar-refractivity contribution is 5.67. The van der Waals surface area contributed by atoms with Gasteiger partial charge in [0.2, 0.25) is 5.95 Å². The van der Waals surface area contributed by atoms with E-state index in [9.17, 15) is 9.18 Å². The average molecular weight is 429 g/mol. The van der Waals surface area contributed by atoms with Gasteiger partial charge in [0.25, 0.3) is 0 Å². The van der Waals surface area contributed by atoms with E-state index in [1.807, 2.05) is 16.7 Å². The van der Waals surface area contributed by atoms with Gasteiger partial charge in [-0.3, -0.25) is 9.50 Å². The number of carbonyl (C=O) groups is 1. The van der Waals surface area contributed by atoms with E-state index >= 15 is 0 Å². The van der Waals surface area contributed by atoms with E-state index in [1.54, 1.807) is 26.1 Å². The Labute approximate surface area is 177 Å². The van der Waals surface area contributed by atoms with Crippen LogP contribution < -0.4 is 10.6 Å². The van der Waals surface area contributed by atoms with Crippen molar-refractivity contribution < 1.29 is 18.7 Å². The molecule has 1 saturated carbocycles. The van der Waals surface area contributed by atoms with E-state index in [0.717, 1.165) is 11.3 Å². The van der Waals surface area contributed by atoms with Crippen molar-refractivity contribution >= 4 is 23.5 Å². The Balaban J connectivity index is 1.27. The number of hydrogen-bond donors (Lipinski definition) is 3. The summed E-state index contributed by atoms with van der Waals surface area (Å²) in [6.45, 7) is 3.57. The molecular formula is C20H24FN7O3. The molecule has 0 bridgehead atoms. The number of aromatic nitrogens is 5. The molecule has 31 heavy (non-hydrogen) atoms. The van der Waals surface area contributed by atoms with Crippen LogP contribution in [0.5, 0.6) is 0 Å². The Hall–Kier alpha value is -3.21. The van der Waals surface area contributed by atoms with Crippen molar-refractivity contribution in [3.05, 3.63) is 35.9 Å². The van der Waals surface area contributed by atoms with Gasteiger partial charge in [-0.1, -0.05) is 0 Å². The number of H-pyrrole nitrogens is 1. The molecule has 3 aromatic rings. The molecule has 1 saturated heterocycles. The molecule has 164 valence electrons. The highest BCUT2D eigenvalue weighted by Gasteiger charge is 2.42. The second kappa shape index (κ2) is 7.80. The Bertz CT molecular complexity index is 1090. The van der Waals surface area contributed by atoms with Crippen molar-refractivity contribution in [2.24, 2.45) is 0 Å². The lowest BCUT2D eigenvalue weighted by Crippen LogP contribution is -2.36. The largest absolute Gasteiger partial charge is 0.441 e. The second-order valence-electron chi connectivity index (χ2n) is 8.21. The number of ether oxygens (including phenoxy) is 2. The van der Waals surface area contributed by atoms with E-state index in [-0.39, 0.29) is 12.6 Å². The Kier molecular flexibility index (Phi) is 4.97. The minimum Gasteiger partial charge on any atom is -0.441 e. The van der Waals surface area contributed by atoms with Crippen LogP contribution in [0.15, 0.2) is 24.5 Å². The topological polar surface area (TPSA) is 118 Å². The number of aromatic amines is 1. The van der Waals surface area contributed by atoms with Gasteiger partial charge in [-0.15, -0.1) is 0 Å². The number of nitrogens with one attached hydrogen (secondary N) is 3. The van der Waals surface area contributed by atoms with Crippen LogP contribution in [0.4, 0.5) is 21.0 Å². The molecule has 2 fully saturated rings. The molecule has 1 aliphatic heterocycles. The third kappa shape index (κ3) is 4.05. The van der Waals surface area contributed by atoms with Crippen molar-refractivity contribution in [2.75, 3.05) is 11.9 Å². The zero-order valence-electron chi connectivity index (χ0n) is 17.2. The first-order chi connectivity index (χ1) is 15.0. The first-order valence-corrected chi connectivity index (χ1v) is 10.4. The number of anilines is 2. The van der Waals surface area contributed by atoms with Crippen molar-refractivity contribution in [3.63, 3.8) is 0 Å². The van der Waals surface area contributed by atoms with Gasteiger partial charge in [0.05, 0.1) is 18.0 Å². The smallest absolute Gasteiger partial charge is 0.407 e. The lowest BCUT2D eigenvalue weighted by atomic mass is 10.1. The minimum absolute atomic E-state index is 0.0288. The van der Waals surface area contributed by atoms with Crippen molar-refractivity contribution in [3.8, 4) is 0 Å². The molecule has 3 N–H and O–H groups in total. The number of rotatable bonds is 6. The van der Waals surface area contributed by atoms with Crippen LogP contribution in [0.3, 0.4) is 0 Å². The van der Waals surface area contributed by atoms with Gasteiger partial charge in [-0.2, -0.15) is 5.10 Å². The van der Waals surface area contributed by atoms with Crippen LogP contribution in [0.2, 0.25) is 0 Å². The molecule has 1 amide bonds. The molecule has 3 aromatic heterocycles. The fourth-order valence-corrected chi connectivity index (χ4v) is 3.61. The molecule has 3 atom stereocenters. The van der Waals surface area contributed by atoms with E-state index in [4.69, 9.17) is 9.47 Å². The predicted molar refractivity (Wildman–Crippen MR) is 109 cm³/mol.